The summed E-state index contributed by atoms with van der Waals surface area (Å²) in [4.78, 5) is 3.26. The smallest absolute Gasteiger partial charge is 0.235 e. The fourth-order valence-corrected chi connectivity index (χ4v) is 0.482. The molecule has 0 spiro atoms. The Balaban J connectivity index is 3.17. The van der Waals surface area contributed by atoms with Crippen molar-refractivity contribution < 1.29 is 4.39 Å². The summed E-state index contributed by atoms with van der Waals surface area (Å²) in [5, 5.41) is 0. The molecule has 0 saturated heterocycles. The van der Waals surface area contributed by atoms with E-state index in [2.05, 4.69) is 4.98 Å². The number of nitrogens with two attached hydrogens (primary N) is 1. The molecule has 9 heavy (non-hydrogen) atoms. The van der Waals surface area contributed by atoms with E-state index in [0.29, 0.717) is 5.46 Å². The Hall–Kier alpha value is -1.06. The fourth-order valence-electron chi connectivity index (χ4n) is 0.482. The van der Waals surface area contributed by atoms with Crippen LogP contribution in [0.15, 0.2) is 12.3 Å². The van der Waals surface area contributed by atoms with E-state index in [4.69, 9.17) is 13.6 Å². The minimum absolute atomic E-state index is 0.0185. The average molecular weight is 122 g/mol. The molecular weight excluding hydrogens is 118 g/mol. The largest absolute Gasteiger partial charge is 0.395 e. The van der Waals surface area contributed by atoms with Gasteiger partial charge in [-0.3, -0.25) is 0 Å². The number of anilines is 1. The summed E-state index contributed by atoms with van der Waals surface area (Å²) in [6, 6.07) is 1.32. The summed E-state index contributed by atoms with van der Waals surface area (Å²) in [7, 11) is 5.22. The van der Waals surface area contributed by atoms with Gasteiger partial charge in [-0.1, -0.05) is 5.46 Å². The third kappa shape index (κ3) is 1.19. The molecule has 2 N–H and O–H groups in total. The van der Waals surface area contributed by atoms with Crippen LogP contribution in [0.3, 0.4) is 0 Å². The van der Waals surface area contributed by atoms with Crippen LogP contribution < -0.4 is 11.2 Å². The lowest BCUT2D eigenvalue weighted by Gasteiger charge is -1.94. The van der Waals surface area contributed by atoms with Crippen LogP contribution >= 0.6 is 0 Å². The zero-order chi connectivity index (χ0) is 6.85. The molecule has 0 bridgehead atoms. The number of nitrogens with zero attached hydrogens (tertiary/aromatic N) is 1. The van der Waals surface area contributed by atoms with Gasteiger partial charge in [0.05, 0.1) is 5.69 Å². The van der Waals surface area contributed by atoms with Gasteiger partial charge in [0, 0.05) is 6.20 Å². The Morgan fingerprint density at radius 2 is 2.33 bits per heavy atom. The molecule has 0 fully saturated rings. The molecule has 0 amide bonds. The van der Waals surface area contributed by atoms with E-state index in [1.54, 1.807) is 0 Å². The highest BCUT2D eigenvalue weighted by Gasteiger charge is 1.95. The maximum Gasteiger partial charge on any atom is 0.235 e. The summed E-state index contributed by atoms with van der Waals surface area (Å²) < 4.78 is 12.2. The molecule has 1 rings (SSSR count). The quantitative estimate of drug-likeness (QED) is 0.375. The standard InChI is InChI=1S/C5H4BFN2/c6-3-1-4(8)5(7)9-2-3/h1-2H,8H2. The van der Waals surface area contributed by atoms with Gasteiger partial charge in [0.25, 0.3) is 0 Å². The van der Waals surface area contributed by atoms with Crippen LogP contribution in [0.25, 0.3) is 0 Å². The first-order valence-corrected chi connectivity index (χ1v) is 2.36. The molecule has 2 nitrogen and oxygen atoms in total. The second-order valence-electron chi connectivity index (χ2n) is 1.65. The summed E-state index contributed by atoms with van der Waals surface area (Å²) in [5.41, 5.74) is 5.45. The molecule has 1 aromatic heterocycles. The highest BCUT2D eigenvalue weighted by Crippen LogP contribution is 2.00. The van der Waals surface area contributed by atoms with Gasteiger partial charge in [0.1, 0.15) is 7.85 Å². The van der Waals surface area contributed by atoms with Crippen LogP contribution in [0.2, 0.25) is 0 Å². The first kappa shape index (κ1) is 6.07. The lowest BCUT2D eigenvalue weighted by molar-refractivity contribution is 0.589. The topological polar surface area (TPSA) is 38.9 Å². The van der Waals surface area contributed by atoms with E-state index >= 15 is 0 Å². The molecule has 0 saturated carbocycles. The maximum absolute atomic E-state index is 12.2. The van der Waals surface area contributed by atoms with Gasteiger partial charge < -0.3 is 5.73 Å². The van der Waals surface area contributed by atoms with Gasteiger partial charge in [0.2, 0.25) is 5.95 Å². The molecule has 2 radical (unpaired) electrons. The number of hydrogen-bond acceptors (Lipinski definition) is 2. The molecule has 0 aromatic carbocycles. The van der Waals surface area contributed by atoms with Crippen molar-refractivity contribution in [1.82, 2.24) is 4.98 Å². The molecule has 0 aliphatic rings. The van der Waals surface area contributed by atoms with Gasteiger partial charge in [-0.2, -0.15) is 4.39 Å². The van der Waals surface area contributed by atoms with E-state index in [1.165, 1.54) is 12.3 Å². The number of rotatable bonds is 0. The Kier molecular flexibility index (Phi) is 1.38. The van der Waals surface area contributed by atoms with Crippen LogP contribution in [0.1, 0.15) is 0 Å². The number of halogens is 1. The first-order valence-electron chi connectivity index (χ1n) is 2.36. The second-order valence-corrected chi connectivity index (χ2v) is 1.65. The number of hydrogen-bond donors (Lipinski definition) is 1. The monoisotopic (exact) mass is 122 g/mol. The van der Waals surface area contributed by atoms with E-state index in [-0.39, 0.29) is 5.69 Å². The van der Waals surface area contributed by atoms with Gasteiger partial charge >= 0.3 is 0 Å². The zero-order valence-corrected chi connectivity index (χ0v) is 4.63. The van der Waals surface area contributed by atoms with Gasteiger partial charge in [-0.15, -0.1) is 0 Å². The van der Waals surface area contributed by atoms with Crippen molar-refractivity contribution in [2.24, 2.45) is 0 Å². The zero-order valence-electron chi connectivity index (χ0n) is 4.63. The van der Waals surface area contributed by atoms with Crippen molar-refractivity contribution in [3.8, 4) is 0 Å². The fraction of sp³-hybridized carbons (Fsp3) is 0. The SMILES string of the molecule is [B]c1cnc(F)c(N)c1. The summed E-state index contributed by atoms with van der Waals surface area (Å²) >= 11 is 0. The summed E-state index contributed by atoms with van der Waals surface area (Å²) in [6.45, 7) is 0. The van der Waals surface area contributed by atoms with Gasteiger partial charge in [0.15, 0.2) is 0 Å². The Labute approximate surface area is 53.3 Å². The van der Waals surface area contributed by atoms with E-state index in [0.717, 1.165) is 0 Å². The third-order valence-electron chi connectivity index (χ3n) is 0.887. The normalized spacial score (nSPS) is 9.44. The summed E-state index contributed by atoms with van der Waals surface area (Å²) in [5.74, 6) is -0.677. The van der Waals surface area contributed by atoms with E-state index in [9.17, 15) is 4.39 Å². The molecule has 1 heterocycles. The van der Waals surface area contributed by atoms with Gasteiger partial charge in [-0.05, 0) is 6.07 Å². The first-order chi connectivity index (χ1) is 4.20. The molecule has 0 atom stereocenters. The third-order valence-corrected chi connectivity index (χ3v) is 0.887. The lowest BCUT2D eigenvalue weighted by Crippen LogP contribution is -2.06. The molecule has 0 aliphatic carbocycles. The minimum atomic E-state index is -0.677. The van der Waals surface area contributed by atoms with Crippen molar-refractivity contribution >= 4 is 19.0 Å². The predicted octanol–water partition coefficient (Wildman–Crippen LogP) is -0.403. The van der Waals surface area contributed by atoms with Crippen molar-refractivity contribution in [3.05, 3.63) is 18.2 Å². The van der Waals surface area contributed by atoms with Crippen molar-refractivity contribution in [2.75, 3.05) is 5.73 Å². The molecule has 4 heteroatoms. The van der Waals surface area contributed by atoms with Crippen LogP contribution in [0, 0.1) is 5.95 Å². The Bertz CT molecular complexity index is 226. The lowest BCUT2D eigenvalue weighted by atomic mass is 9.99. The van der Waals surface area contributed by atoms with Crippen LogP contribution in [0.4, 0.5) is 10.1 Å². The number of aromatic nitrogens is 1. The molecule has 0 aliphatic heterocycles. The van der Waals surface area contributed by atoms with Crippen molar-refractivity contribution in [2.45, 2.75) is 0 Å². The molecule has 1 aromatic rings. The van der Waals surface area contributed by atoms with Crippen LogP contribution in [0.5, 0.6) is 0 Å². The van der Waals surface area contributed by atoms with Crippen molar-refractivity contribution in [1.29, 1.82) is 0 Å². The molecular formula is C5H4BFN2. The maximum atomic E-state index is 12.2. The Morgan fingerprint density at radius 1 is 1.67 bits per heavy atom. The highest BCUT2D eigenvalue weighted by molar-refractivity contribution is 6.32. The van der Waals surface area contributed by atoms with Crippen LogP contribution in [-0.4, -0.2) is 12.8 Å². The summed E-state index contributed by atoms with van der Waals surface area (Å²) in [6.07, 6.45) is 1.21. The minimum Gasteiger partial charge on any atom is -0.395 e. The van der Waals surface area contributed by atoms with E-state index < -0.39 is 5.95 Å². The Morgan fingerprint density at radius 3 is 2.78 bits per heavy atom. The second kappa shape index (κ2) is 2.05. The highest BCUT2D eigenvalue weighted by atomic mass is 19.1. The van der Waals surface area contributed by atoms with Gasteiger partial charge in [-0.25, -0.2) is 4.98 Å². The van der Waals surface area contributed by atoms with Crippen molar-refractivity contribution in [3.63, 3.8) is 0 Å². The number of nitrogen functional groups attached to an aromatic ring is 1. The molecule has 0 unspecified atom stereocenters. The molecule has 44 valence electrons. The number of pyridine rings is 1. The van der Waals surface area contributed by atoms with Crippen LogP contribution in [-0.2, 0) is 0 Å². The average Bonchev–Trinajstić information content (AvgIpc) is 1.80. The van der Waals surface area contributed by atoms with E-state index in [1.807, 2.05) is 0 Å². The predicted molar refractivity (Wildman–Crippen MR) is 34.0 cm³/mol.